The van der Waals surface area contributed by atoms with Gasteiger partial charge < -0.3 is 15.6 Å². The number of carboxylic acid groups (broad SMARTS) is 1. The summed E-state index contributed by atoms with van der Waals surface area (Å²) in [5, 5.41) is 8.95. The number of carbonyl (C=O) groups is 2. The smallest absolute Gasteiger partial charge is 0.339 e. The molecule has 1 amide bonds. The van der Waals surface area contributed by atoms with Gasteiger partial charge in [-0.15, -0.1) is 0 Å². The molecule has 0 radical (unpaired) electrons. The minimum absolute atomic E-state index is 0.0715. The van der Waals surface area contributed by atoms with Crippen molar-refractivity contribution in [3.63, 3.8) is 0 Å². The molecule has 19 heavy (non-hydrogen) atoms. The number of primary amides is 1. The lowest BCUT2D eigenvalue weighted by molar-refractivity contribution is -0.118. The van der Waals surface area contributed by atoms with Crippen LogP contribution in [0.3, 0.4) is 0 Å². The van der Waals surface area contributed by atoms with Gasteiger partial charge in [0.25, 0.3) is 9.05 Å². The summed E-state index contributed by atoms with van der Waals surface area (Å²) in [4.78, 5) is 21.2. The zero-order valence-electron chi connectivity index (χ0n) is 9.50. The molecule has 0 spiro atoms. The van der Waals surface area contributed by atoms with Crippen LogP contribution in [-0.2, 0) is 13.8 Å². The molecule has 0 saturated heterocycles. The third kappa shape index (κ3) is 4.42. The van der Waals surface area contributed by atoms with Crippen LogP contribution < -0.4 is 10.5 Å². The lowest BCUT2D eigenvalue weighted by Crippen LogP contribution is -2.15. The summed E-state index contributed by atoms with van der Waals surface area (Å²) in [5.74, 6) is -2.05. The van der Waals surface area contributed by atoms with Crippen LogP contribution >= 0.6 is 10.7 Å². The molecule has 0 saturated carbocycles. The summed E-state index contributed by atoms with van der Waals surface area (Å²) < 4.78 is 27.2. The number of carboxylic acids is 1. The van der Waals surface area contributed by atoms with Crippen LogP contribution in [0.25, 0.3) is 0 Å². The number of hydrogen-bond acceptors (Lipinski definition) is 5. The van der Waals surface area contributed by atoms with Crippen molar-refractivity contribution in [2.24, 2.45) is 5.73 Å². The van der Waals surface area contributed by atoms with Crippen molar-refractivity contribution in [2.75, 3.05) is 6.61 Å². The summed E-state index contributed by atoms with van der Waals surface area (Å²) in [5.41, 5.74) is 4.53. The first-order valence-electron chi connectivity index (χ1n) is 4.95. The molecule has 3 N–H and O–H groups in total. The second kappa shape index (κ2) is 5.89. The van der Waals surface area contributed by atoms with Crippen LogP contribution in [-0.4, -0.2) is 32.0 Å². The predicted molar refractivity (Wildman–Crippen MR) is 65.7 cm³/mol. The molecular formula is C10H10ClNO6S. The topological polar surface area (TPSA) is 124 Å². The first-order valence-corrected chi connectivity index (χ1v) is 7.26. The Labute approximate surface area is 113 Å². The van der Waals surface area contributed by atoms with Crippen molar-refractivity contribution in [1.82, 2.24) is 0 Å². The number of hydrogen-bond donors (Lipinski definition) is 2. The summed E-state index contributed by atoms with van der Waals surface area (Å²) >= 11 is 0. The molecule has 0 atom stereocenters. The largest absolute Gasteiger partial charge is 0.492 e. The van der Waals surface area contributed by atoms with E-state index in [2.05, 4.69) is 0 Å². The maximum Gasteiger partial charge on any atom is 0.339 e. The second-order valence-corrected chi connectivity index (χ2v) is 6.03. The fourth-order valence-corrected chi connectivity index (χ4v) is 1.99. The number of halogens is 1. The van der Waals surface area contributed by atoms with Gasteiger partial charge in [0, 0.05) is 10.7 Å². The standard InChI is InChI=1S/C10H10ClNO6S/c11-19(16,17)6-1-2-8(7(5-6)10(14)15)18-4-3-9(12)13/h1-2,5H,3-4H2,(H2,12,13)(H,14,15). The minimum atomic E-state index is -4.03. The molecule has 0 aliphatic heterocycles. The molecule has 104 valence electrons. The van der Waals surface area contributed by atoms with Gasteiger partial charge in [0.1, 0.15) is 11.3 Å². The minimum Gasteiger partial charge on any atom is -0.492 e. The Kier molecular flexibility index (Phi) is 4.73. The summed E-state index contributed by atoms with van der Waals surface area (Å²) in [6.45, 7) is -0.109. The molecule has 0 bridgehead atoms. The van der Waals surface area contributed by atoms with Gasteiger partial charge in [0.15, 0.2) is 0 Å². The second-order valence-electron chi connectivity index (χ2n) is 3.47. The van der Waals surface area contributed by atoms with Gasteiger partial charge in [0.05, 0.1) is 17.9 Å². The van der Waals surface area contributed by atoms with E-state index in [1.54, 1.807) is 0 Å². The highest BCUT2D eigenvalue weighted by molar-refractivity contribution is 8.13. The Balaban J connectivity index is 3.06. The first kappa shape index (κ1) is 15.3. The maximum atomic E-state index is 11.1. The van der Waals surface area contributed by atoms with Crippen molar-refractivity contribution >= 4 is 31.6 Å². The van der Waals surface area contributed by atoms with Crippen LogP contribution in [0.5, 0.6) is 5.75 Å². The molecular weight excluding hydrogens is 298 g/mol. The van der Waals surface area contributed by atoms with Gasteiger partial charge in [-0.05, 0) is 18.2 Å². The van der Waals surface area contributed by atoms with Crippen LogP contribution in [0, 0.1) is 0 Å². The summed E-state index contributed by atoms with van der Waals surface area (Å²) in [6, 6.07) is 3.14. The van der Waals surface area contributed by atoms with E-state index in [0.717, 1.165) is 18.2 Å². The molecule has 1 rings (SSSR count). The predicted octanol–water partition coefficient (Wildman–Crippen LogP) is 0.567. The number of aromatic carboxylic acids is 1. The summed E-state index contributed by atoms with van der Waals surface area (Å²) in [6.07, 6.45) is -0.0887. The van der Waals surface area contributed by atoms with E-state index < -0.39 is 20.9 Å². The Bertz CT molecular complexity index is 612. The first-order chi connectivity index (χ1) is 8.71. The third-order valence-corrected chi connectivity index (χ3v) is 3.42. The number of amides is 1. The molecule has 0 heterocycles. The van der Waals surface area contributed by atoms with Crippen LogP contribution in [0.4, 0.5) is 0 Å². The van der Waals surface area contributed by atoms with Crippen molar-refractivity contribution in [3.05, 3.63) is 23.8 Å². The van der Waals surface area contributed by atoms with Crippen molar-refractivity contribution < 1.29 is 27.9 Å². The number of carbonyl (C=O) groups excluding carboxylic acids is 1. The Morgan fingerprint density at radius 2 is 2.00 bits per heavy atom. The zero-order valence-corrected chi connectivity index (χ0v) is 11.1. The maximum absolute atomic E-state index is 11.1. The molecule has 0 aromatic heterocycles. The van der Waals surface area contributed by atoms with Gasteiger partial charge in [0.2, 0.25) is 5.91 Å². The molecule has 1 aromatic carbocycles. The highest BCUT2D eigenvalue weighted by Gasteiger charge is 2.18. The van der Waals surface area contributed by atoms with Gasteiger partial charge in [-0.3, -0.25) is 4.79 Å². The molecule has 9 heteroatoms. The Hall–Kier alpha value is -1.80. The fraction of sp³-hybridized carbons (Fsp3) is 0.200. The monoisotopic (exact) mass is 307 g/mol. The third-order valence-electron chi connectivity index (χ3n) is 2.07. The van der Waals surface area contributed by atoms with Gasteiger partial charge in [-0.2, -0.15) is 0 Å². The highest BCUT2D eigenvalue weighted by Crippen LogP contribution is 2.24. The average Bonchev–Trinajstić information content (AvgIpc) is 2.27. The SMILES string of the molecule is NC(=O)CCOc1ccc(S(=O)(=O)Cl)cc1C(=O)O. The van der Waals surface area contributed by atoms with Crippen molar-refractivity contribution in [1.29, 1.82) is 0 Å². The molecule has 1 aromatic rings. The van der Waals surface area contributed by atoms with E-state index in [4.69, 9.17) is 26.3 Å². The van der Waals surface area contributed by atoms with E-state index >= 15 is 0 Å². The van der Waals surface area contributed by atoms with Crippen molar-refractivity contribution in [3.8, 4) is 5.75 Å². The van der Waals surface area contributed by atoms with Crippen LogP contribution in [0.1, 0.15) is 16.8 Å². The number of rotatable bonds is 6. The van der Waals surface area contributed by atoms with E-state index in [1.165, 1.54) is 0 Å². The lowest BCUT2D eigenvalue weighted by Gasteiger charge is -2.09. The Morgan fingerprint density at radius 3 is 2.47 bits per heavy atom. The van der Waals surface area contributed by atoms with Crippen LogP contribution in [0.15, 0.2) is 23.1 Å². The number of ether oxygens (including phenoxy) is 1. The van der Waals surface area contributed by atoms with Gasteiger partial charge >= 0.3 is 5.97 Å². The molecule has 0 unspecified atom stereocenters. The van der Waals surface area contributed by atoms with E-state index in [0.29, 0.717) is 0 Å². The number of benzene rings is 1. The van der Waals surface area contributed by atoms with Gasteiger partial charge in [-0.25, -0.2) is 13.2 Å². The van der Waals surface area contributed by atoms with Crippen molar-refractivity contribution in [2.45, 2.75) is 11.3 Å². The zero-order chi connectivity index (χ0) is 14.6. The molecule has 7 nitrogen and oxygen atoms in total. The highest BCUT2D eigenvalue weighted by atomic mass is 35.7. The van der Waals surface area contributed by atoms with Gasteiger partial charge in [-0.1, -0.05) is 0 Å². The molecule has 0 fully saturated rings. The lowest BCUT2D eigenvalue weighted by atomic mass is 10.2. The number of nitrogens with two attached hydrogens (primary N) is 1. The van der Waals surface area contributed by atoms with E-state index in [9.17, 15) is 18.0 Å². The molecule has 0 aliphatic carbocycles. The average molecular weight is 308 g/mol. The Morgan fingerprint density at radius 1 is 1.37 bits per heavy atom. The van der Waals surface area contributed by atoms with E-state index in [-0.39, 0.29) is 29.2 Å². The molecule has 0 aliphatic rings. The van der Waals surface area contributed by atoms with E-state index in [1.807, 2.05) is 0 Å². The quantitative estimate of drug-likeness (QED) is 0.740. The normalized spacial score (nSPS) is 11.0. The summed E-state index contributed by atoms with van der Waals surface area (Å²) in [7, 11) is 1.08. The van der Waals surface area contributed by atoms with Crippen LogP contribution in [0.2, 0.25) is 0 Å². The fourth-order valence-electron chi connectivity index (χ4n) is 1.22.